The van der Waals surface area contributed by atoms with Gasteiger partial charge in [-0.05, 0) is 43.5 Å². The average Bonchev–Trinajstić information content (AvgIpc) is 2.63. The monoisotopic (exact) mass is 345 g/mol. The molecule has 1 saturated heterocycles. The van der Waals surface area contributed by atoms with E-state index < -0.39 is 0 Å². The van der Waals surface area contributed by atoms with Crippen molar-refractivity contribution in [3.05, 3.63) is 47.2 Å². The molecule has 1 N–H and O–H groups in total. The Bertz CT molecular complexity index is 730. The highest BCUT2D eigenvalue weighted by Crippen LogP contribution is 2.28. The van der Waals surface area contributed by atoms with Crippen molar-refractivity contribution in [1.82, 2.24) is 4.98 Å². The molecular formula is C18H20ClN3O2. The molecule has 24 heavy (non-hydrogen) atoms. The summed E-state index contributed by atoms with van der Waals surface area (Å²) in [5.74, 6) is 0.329. The lowest BCUT2D eigenvalue weighted by atomic mass is 10.1. The van der Waals surface area contributed by atoms with Crippen molar-refractivity contribution in [2.45, 2.75) is 19.3 Å². The van der Waals surface area contributed by atoms with Gasteiger partial charge in [0.1, 0.15) is 5.75 Å². The highest BCUT2D eigenvalue weighted by molar-refractivity contribution is 6.31. The Kier molecular flexibility index (Phi) is 5.20. The summed E-state index contributed by atoms with van der Waals surface area (Å²) < 4.78 is 5.26. The number of methoxy groups -OCH3 is 1. The summed E-state index contributed by atoms with van der Waals surface area (Å²) in [6.07, 6.45) is 6.99. The largest absolute Gasteiger partial charge is 0.495 e. The number of carbonyl (C=O) groups is 1. The molecule has 0 unspecified atom stereocenters. The minimum atomic E-state index is -0.234. The van der Waals surface area contributed by atoms with Crippen molar-refractivity contribution in [3.63, 3.8) is 0 Å². The zero-order chi connectivity index (χ0) is 16.9. The zero-order valence-electron chi connectivity index (χ0n) is 13.6. The standard InChI is InChI=1S/C18H20ClN3O2/c1-24-17-6-5-14(19)10-16(17)21-18(23)13-9-15(12-20-11-13)22-7-3-2-4-8-22/h5-6,9-12H,2-4,7-8H2,1H3,(H,21,23). The second kappa shape index (κ2) is 7.53. The quantitative estimate of drug-likeness (QED) is 0.910. The van der Waals surface area contributed by atoms with Crippen molar-refractivity contribution >= 4 is 28.9 Å². The molecule has 0 bridgehead atoms. The molecule has 2 aromatic rings. The topological polar surface area (TPSA) is 54.5 Å². The van der Waals surface area contributed by atoms with Crippen LogP contribution >= 0.6 is 11.6 Å². The second-order valence-corrected chi connectivity index (χ2v) is 6.21. The number of halogens is 1. The second-order valence-electron chi connectivity index (χ2n) is 5.78. The number of nitrogens with zero attached hydrogens (tertiary/aromatic N) is 2. The van der Waals surface area contributed by atoms with Gasteiger partial charge in [-0.15, -0.1) is 0 Å². The molecule has 126 valence electrons. The number of pyridine rings is 1. The Balaban J connectivity index is 1.79. The smallest absolute Gasteiger partial charge is 0.257 e. The van der Waals surface area contributed by atoms with Crippen LogP contribution in [0.2, 0.25) is 5.02 Å². The Morgan fingerprint density at radius 3 is 2.75 bits per heavy atom. The lowest BCUT2D eigenvalue weighted by Crippen LogP contribution is -2.29. The van der Waals surface area contributed by atoms with Crippen LogP contribution in [0.15, 0.2) is 36.7 Å². The van der Waals surface area contributed by atoms with Crippen LogP contribution in [0.4, 0.5) is 11.4 Å². The maximum atomic E-state index is 12.6. The molecule has 1 aromatic carbocycles. The lowest BCUT2D eigenvalue weighted by molar-refractivity contribution is 0.102. The van der Waals surface area contributed by atoms with Crippen LogP contribution in [0.5, 0.6) is 5.75 Å². The Labute approximate surface area is 146 Å². The first-order chi connectivity index (χ1) is 11.7. The summed E-state index contributed by atoms with van der Waals surface area (Å²) in [4.78, 5) is 19.1. The minimum Gasteiger partial charge on any atom is -0.495 e. The van der Waals surface area contributed by atoms with Gasteiger partial charge < -0.3 is 15.0 Å². The van der Waals surface area contributed by atoms with Crippen molar-refractivity contribution in [2.75, 3.05) is 30.4 Å². The van der Waals surface area contributed by atoms with Gasteiger partial charge in [0, 0.05) is 24.3 Å². The van der Waals surface area contributed by atoms with Crippen molar-refractivity contribution in [2.24, 2.45) is 0 Å². The van der Waals surface area contributed by atoms with E-state index in [1.807, 2.05) is 12.3 Å². The van der Waals surface area contributed by atoms with E-state index in [1.165, 1.54) is 19.3 Å². The van der Waals surface area contributed by atoms with Gasteiger partial charge in [0.15, 0.2) is 0 Å². The number of rotatable bonds is 4. The van der Waals surface area contributed by atoms with Gasteiger partial charge in [-0.3, -0.25) is 9.78 Å². The van der Waals surface area contributed by atoms with E-state index in [-0.39, 0.29) is 5.91 Å². The number of benzene rings is 1. The minimum absolute atomic E-state index is 0.234. The number of anilines is 2. The molecule has 1 aromatic heterocycles. The summed E-state index contributed by atoms with van der Waals surface area (Å²) in [7, 11) is 1.55. The normalized spacial score (nSPS) is 14.3. The molecule has 0 atom stereocenters. The highest BCUT2D eigenvalue weighted by atomic mass is 35.5. The van der Waals surface area contributed by atoms with E-state index in [0.29, 0.717) is 22.0 Å². The fraction of sp³-hybridized carbons (Fsp3) is 0.333. The molecule has 1 aliphatic rings. The summed E-state index contributed by atoms with van der Waals surface area (Å²) in [6.45, 7) is 2.02. The molecule has 0 spiro atoms. The molecule has 1 amide bonds. The molecule has 5 nitrogen and oxygen atoms in total. The van der Waals surface area contributed by atoms with Crippen LogP contribution in [0.25, 0.3) is 0 Å². The fourth-order valence-corrected chi connectivity index (χ4v) is 3.02. The molecule has 0 radical (unpaired) electrons. The molecule has 0 saturated carbocycles. The van der Waals surface area contributed by atoms with Crippen molar-refractivity contribution in [1.29, 1.82) is 0 Å². The van der Waals surface area contributed by atoms with Crippen LogP contribution < -0.4 is 15.0 Å². The number of aromatic nitrogens is 1. The maximum absolute atomic E-state index is 12.6. The summed E-state index contributed by atoms with van der Waals surface area (Å²) in [5, 5.41) is 3.38. The van der Waals surface area contributed by atoms with E-state index in [0.717, 1.165) is 18.8 Å². The fourth-order valence-electron chi connectivity index (χ4n) is 2.85. The van der Waals surface area contributed by atoms with Gasteiger partial charge in [-0.1, -0.05) is 11.6 Å². The van der Waals surface area contributed by atoms with Gasteiger partial charge in [0.05, 0.1) is 30.2 Å². The first kappa shape index (κ1) is 16.6. The predicted molar refractivity (Wildman–Crippen MR) is 96.3 cm³/mol. The van der Waals surface area contributed by atoms with Crippen molar-refractivity contribution < 1.29 is 9.53 Å². The molecule has 1 fully saturated rings. The number of carbonyl (C=O) groups excluding carboxylic acids is 1. The van der Waals surface area contributed by atoms with Crippen LogP contribution in [0, 0.1) is 0 Å². The predicted octanol–water partition coefficient (Wildman–Crippen LogP) is 3.99. The van der Waals surface area contributed by atoms with Gasteiger partial charge in [-0.25, -0.2) is 0 Å². The Morgan fingerprint density at radius 1 is 1.21 bits per heavy atom. The number of hydrogen-bond acceptors (Lipinski definition) is 4. The van der Waals surface area contributed by atoms with E-state index in [2.05, 4.69) is 15.2 Å². The maximum Gasteiger partial charge on any atom is 0.257 e. The molecule has 0 aliphatic carbocycles. The van der Waals surface area contributed by atoms with Gasteiger partial charge in [-0.2, -0.15) is 0 Å². The number of piperidine rings is 1. The van der Waals surface area contributed by atoms with Crippen LogP contribution in [0.3, 0.4) is 0 Å². The average molecular weight is 346 g/mol. The number of nitrogens with one attached hydrogen (secondary N) is 1. The molecule has 2 heterocycles. The number of amides is 1. The number of ether oxygens (including phenoxy) is 1. The Hall–Kier alpha value is -2.27. The summed E-state index contributed by atoms with van der Waals surface area (Å²) >= 11 is 6.00. The lowest BCUT2D eigenvalue weighted by Gasteiger charge is -2.28. The van der Waals surface area contributed by atoms with E-state index in [9.17, 15) is 4.79 Å². The molecule has 3 rings (SSSR count). The zero-order valence-corrected chi connectivity index (χ0v) is 14.3. The highest BCUT2D eigenvalue weighted by Gasteiger charge is 2.15. The third-order valence-corrected chi connectivity index (χ3v) is 4.35. The van der Waals surface area contributed by atoms with Gasteiger partial charge in [0.2, 0.25) is 0 Å². The molecular weight excluding hydrogens is 326 g/mol. The SMILES string of the molecule is COc1ccc(Cl)cc1NC(=O)c1cncc(N2CCCCC2)c1. The number of hydrogen-bond donors (Lipinski definition) is 1. The van der Waals surface area contributed by atoms with E-state index >= 15 is 0 Å². The van der Waals surface area contributed by atoms with Gasteiger partial charge >= 0.3 is 0 Å². The third kappa shape index (κ3) is 3.79. The van der Waals surface area contributed by atoms with E-state index in [4.69, 9.17) is 16.3 Å². The van der Waals surface area contributed by atoms with E-state index in [1.54, 1.807) is 31.5 Å². The van der Waals surface area contributed by atoms with Crippen LogP contribution in [0.1, 0.15) is 29.6 Å². The third-order valence-electron chi connectivity index (χ3n) is 4.12. The summed E-state index contributed by atoms with van der Waals surface area (Å²) in [6, 6.07) is 6.99. The van der Waals surface area contributed by atoms with Crippen LogP contribution in [-0.2, 0) is 0 Å². The first-order valence-electron chi connectivity index (χ1n) is 8.02. The summed E-state index contributed by atoms with van der Waals surface area (Å²) in [5.41, 5.74) is 2.04. The Morgan fingerprint density at radius 2 is 2.00 bits per heavy atom. The molecule has 1 aliphatic heterocycles. The van der Waals surface area contributed by atoms with Crippen LogP contribution in [-0.4, -0.2) is 31.1 Å². The first-order valence-corrected chi connectivity index (χ1v) is 8.40. The van der Waals surface area contributed by atoms with Crippen molar-refractivity contribution in [3.8, 4) is 5.75 Å². The van der Waals surface area contributed by atoms with Gasteiger partial charge in [0.25, 0.3) is 5.91 Å². The molecule has 6 heteroatoms.